The fraction of sp³-hybridized carbons (Fsp3) is 0.167. The molecular weight excluding hydrogens is 422 g/mol. The van der Waals surface area contributed by atoms with Gasteiger partial charge in [0.25, 0.3) is 5.89 Å². The van der Waals surface area contributed by atoms with Crippen molar-refractivity contribution in [2.24, 2.45) is 0 Å². The van der Waals surface area contributed by atoms with Crippen molar-refractivity contribution in [3.63, 3.8) is 0 Å². The standard InChI is InChI=1S/C18H16ClN3O6S/c1-26-12-5-8-15(27-2)14(9-12)17-21-22-18(28-17)20-16(23)10-29(24,25)13-6-3-11(19)4-7-13/h3-9H,10H2,1-2H3,(H,20,22,23). The van der Waals surface area contributed by atoms with E-state index in [0.29, 0.717) is 22.1 Å². The average molecular weight is 438 g/mol. The normalized spacial score (nSPS) is 11.1. The summed E-state index contributed by atoms with van der Waals surface area (Å²) < 4.78 is 40.5. The van der Waals surface area contributed by atoms with Gasteiger partial charge >= 0.3 is 6.01 Å². The van der Waals surface area contributed by atoms with Crippen LogP contribution in [0.2, 0.25) is 5.02 Å². The highest BCUT2D eigenvalue weighted by molar-refractivity contribution is 7.92. The number of amides is 1. The SMILES string of the molecule is COc1ccc(OC)c(-c2nnc(NC(=O)CS(=O)(=O)c3ccc(Cl)cc3)o2)c1. The van der Waals surface area contributed by atoms with Crippen LogP contribution in [0.15, 0.2) is 51.8 Å². The quantitative estimate of drug-likeness (QED) is 0.599. The van der Waals surface area contributed by atoms with Crippen LogP contribution in [-0.4, -0.2) is 44.5 Å². The number of sulfone groups is 1. The first-order valence-electron chi connectivity index (χ1n) is 8.16. The van der Waals surface area contributed by atoms with Crippen molar-refractivity contribution in [1.82, 2.24) is 10.2 Å². The van der Waals surface area contributed by atoms with E-state index < -0.39 is 21.5 Å². The molecule has 0 aliphatic carbocycles. The Morgan fingerprint density at radius 2 is 1.83 bits per heavy atom. The summed E-state index contributed by atoms with van der Waals surface area (Å²) in [5.41, 5.74) is 0.452. The van der Waals surface area contributed by atoms with E-state index in [1.807, 2.05) is 0 Å². The molecule has 1 N–H and O–H groups in total. The van der Waals surface area contributed by atoms with Crippen molar-refractivity contribution in [2.45, 2.75) is 4.90 Å². The van der Waals surface area contributed by atoms with Gasteiger partial charge in [0.15, 0.2) is 9.84 Å². The summed E-state index contributed by atoms with van der Waals surface area (Å²) in [4.78, 5) is 12.1. The smallest absolute Gasteiger partial charge is 0.322 e. The van der Waals surface area contributed by atoms with Crippen LogP contribution >= 0.6 is 11.6 Å². The van der Waals surface area contributed by atoms with E-state index in [1.54, 1.807) is 18.2 Å². The highest BCUT2D eigenvalue weighted by Gasteiger charge is 2.22. The molecule has 11 heteroatoms. The Morgan fingerprint density at radius 1 is 1.10 bits per heavy atom. The predicted octanol–water partition coefficient (Wildman–Crippen LogP) is 2.82. The van der Waals surface area contributed by atoms with E-state index in [2.05, 4.69) is 15.5 Å². The molecule has 0 aliphatic rings. The van der Waals surface area contributed by atoms with Crippen molar-refractivity contribution in [2.75, 3.05) is 25.3 Å². The fourth-order valence-electron chi connectivity index (χ4n) is 2.42. The summed E-state index contributed by atoms with van der Waals surface area (Å²) >= 11 is 5.75. The van der Waals surface area contributed by atoms with Crippen LogP contribution in [0, 0.1) is 0 Å². The number of hydrogen-bond donors (Lipinski definition) is 1. The Morgan fingerprint density at radius 3 is 2.48 bits per heavy atom. The first-order valence-corrected chi connectivity index (χ1v) is 10.2. The zero-order valence-electron chi connectivity index (χ0n) is 15.4. The number of aromatic nitrogens is 2. The van der Waals surface area contributed by atoms with Gasteiger partial charge in [0, 0.05) is 5.02 Å². The molecule has 0 aliphatic heterocycles. The number of anilines is 1. The van der Waals surface area contributed by atoms with Crippen LogP contribution in [-0.2, 0) is 14.6 Å². The summed E-state index contributed by atoms with van der Waals surface area (Å²) in [6.07, 6.45) is 0. The van der Waals surface area contributed by atoms with Crippen LogP contribution in [0.3, 0.4) is 0 Å². The van der Waals surface area contributed by atoms with Gasteiger partial charge in [0.1, 0.15) is 17.3 Å². The Balaban J connectivity index is 1.75. The zero-order valence-corrected chi connectivity index (χ0v) is 17.0. The highest BCUT2D eigenvalue weighted by atomic mass is 35.5. The molecule has 1 amide bonds. The van der Waals surface area contributed by atoms with Gasteiger partial charge < -0.3 is 13.9 Å². The summed E-state index contributed by atoms with van der Waals surface area (Å²) in [6, 6.07) is 10.2. The largest absolute Gasteiger partial charge is 0.497 e. The Kier molecular flexibility index (Phi) is 6.04. The first kappa shape index (κ1) is 20.6. The Hall–Kier alpha value is -3.11. The van der Waals surface area contributed by atoms with Crippen LogP contribution in [0.25, 0.3) is 11.5 Å². The van der Waals surface area contributed by atoms with Gasteiger partial charge in [-0.05, 0) is 42.5 Å². The Labute approximate surface area is 171 Å². The number of rotatable bonds is 7. The molecule has 0 atom stereocenters. The molecule has 0 saturated heterocycles. The minimum absolute atomic E-state index is 0.0237. The van der Waals surface area contributed by atoms with Crippen molar-refractivity contribution in [1.29, 1.82) is 0 Å². The molecule has 29 heavy (non-hydrogen) atoms. The number of benzene rings is 2. The Bertz CT molecular complexity index is 1130. The van der Waals surface area contributed by atoms with Gasteiger partial charge in [-0.3, -0.25) is 10.1 Å². The van der Waals surface area contributed by atoms with Gasteiger partial charge in [-0.25, -0.2) is 8.42 Å². The molecule has 2 aromatic carbocycles. The van der Waals surface area contributed by atoms with E-state index in [-0.39, 0.29) is 16.8 Å². The second-order valence-corrected chi connectivity index (χ2v) is 8.17. The van der Waals surface area contributed by atoms with Gasteiger partial charge in [0.2, 0.25) is 5.91 Å². The molecule has 0 saturated carbocycles. The van der Waals surface area contributed by atoms with E-state index in [1.165, 1.54) is 38.5 Å². The molecule has 0 bridgehead atoms. The summed E-state index contributed by atoms with van der Waals surface area (Å²) in [5.74, 6) is -0.560. The molecule has 9 nitrogen and oxygen atoms in total. The maximum atomic E-state index is 12.3. The molecule has 0 spiro atoms. The monoisotopic (exact) mass is 437 g/mol. The topological polar surface area (TPSA) is 121 Å². The van der Waals surface area contributed by atoms with Crippen molar-refractivity contribution in [3.8, 4) is 23.0 Å². The highest BCUT2D eigenvalue weighted by Crippen LogP contribution is 2.33. The number of carbonyl (C=O) groups is 1. The summed E-state index contributed by atoms with van der Waals surface area (Å²) in [5, 5.41) is 10.2. The lowest BCUT2D eigenvalue weighted by atomic mass is 10.2. The molecular formula is C18H16ClN3O6S. The molecule has 1 heterocycles. The van der Waals surface area contributed by atoms with Crippen molar-refractivity contribution >= 4 is 33.4 Å². The van der Waals surface area contributed by atoms with E-state index >= 15 is 0 Å². The van der Waals surface area contributed by atoms with Crippen LogP contribution in [0.1, 0.15) is 0 Å². The van der Waals surface area contributed by atoms with Crippen LogP contribution < -0.4 is 14.8 Å². The summed E-state index contributed by atoms with van der Waals surface area (Å²) in [7, 11) is -0.874. The molecule has 3 aromatic rings. The van der Waals surface area contributed by atoms with Crippen molar-refractivity contribution < 1.29 is 27.1 Å². The molecule has 0 radical (unpaired) electrons. The van der Waals surface area contributed by atoms with Gasteiger partial charge in [-0.15, -0.1) is 5.10 Å². The average Bonchev–Trinajstić information content (AvgIpc) is 3.15. The fourth-order valence-corrected chi connectivity index (χ4v) is 3.68. The lowest BCUT2D eigenvalue weighted by Gasteiger charge is -2.07. The first-order chi connectivity index (χ1) is 13.8. The third-order valence-electron chi connectivity index (χ3n) is 3.80. The minimum Gasteiger partial charge on any atom is -0.497 e. The number of methoxy groups -OCH3 is 2. The number of nitrogens with one attached hydrogen (secondary N) is 1. The van der Waals surface area contributed by atoms with Crippen LogP contribution in [0.4, 0.5) is 6.01 Å². The van der Waals surface area contributed by atoms with Gasteiger partial charge in [-0.1, -0.05) is 16.7 Å². The molecule has 0 fully saturated rings. The third kappa shape index (κ3) is 4.84. The number of hydrogen-bond acceptors (Lipinski definition) is 8. The van der Waals surface area contributed by atoms with Gasteiger partial charge in [0.05, 0.1) is 24.7 Å². The maximum Gasteiger partial charge on any atom is 0.322 e. The molecule has 0 unspecified atom stereocenters. The maximum absolute atomic E-state index is 12.3. The number of nitrogens with zero attached hydrogens (tertiary/aromatic N) is 2. The molecule has 3 rings (SSSR count). The molecule has 152 valence electrons. The number of halogens is 1. The second kappa shape index (κ2) is 8.50. The van der Waals surface area contributed by atoms with E-state index in [4.69, 9.17) is 25.5 Å². The third-order valence-corrected chi connectivity index (χ3v) is 5.69. The zero-order chi connectivity index (χ0) is 21.0. The molecule has 1 aromatic heterocycles. The van der Waals surface area contributed by atoms with Crippen LogP contribution in [0.5, 0.6) is 11.5 Å². The lowest BCUT2D eigenvalue weighted by Crippen LogP contribution is -2.23. The lowest BCUT2D eigenvalue weighted by molar-refractivity contribution is -0.114. The van der Waals surface area contributed by atoms with E-state index in [9.17, 15) is 13.2 Å². The second-order valence-electron chi connectivity index (χ2n) is 5.74. The van der Waals surface area contributed by atoms with Crippen molar-refractivity contribution in [3.05, 3.63) is 47.5 Å². The summed E-state index contributed by atoms with van der Waals surface area (Å²) in [6.45, 7) is 0. The van der Waals surface area contributed by atoms with Gasteiger partial charge in [-0.2, -0.15) is 0 Å². The predicted molar refractivity (Wildman–Crippen MR) is 105 cm³/mol. The minimum atomic E-state index is -3.86. The van der Waals surface area contributed by atoms with E-state index in [0.717, 1.165) is 0 Å². The number of ether oxygens (including phenoxy) is 2. The number of carbonyl (C=O) groups excluding carboxylic acids is 1.